The first kappa shape index (κ1) is 19.7. The van der Waals surface area contributed by atoms with Crippen LogP contribution in [0.5, 0.6) is 0 Å². The lowest BCUT2D eigenvalue weighted by Gasteiger charge is -2.12. The summed E-state index contributed by atoms with van der Waals surface area (Å²) in [5.74, 6) is 0.704. The molecule has 0 fully saturated rings. The van der Waals surface area contributed by atoms with E-state index >= 15 is 0 Å². The van der Waals surface area contributed by atoms with Crippen LogP contribution in [-0.4, -0.2) is 35.7 Å². The molecule has 3 rings (SSSR count). The van der Waals surface area contributed by atoms with Crippen molar-refractivity contribution in [2.75, 3.05) is 19.6 Å². The average Bonchev–Trinajstić information content (AvgIpc) is 3.27. The van der Waals surface area contributed by atoms with Gasteiger partial charge in [0.1, 0.15) is 6.10 Å². The van der Waals surface area contributed by atoms with Crippen molar-refractivity contribution in [3.05, 3.63) is 56.9 Å². The fraction of sp³-hybridized carbons (Fsp3) is 0.350. The third kappa shape index (κ3) is 5.03. The maximum Gasteiger partial charge on any atom is 0.191 e. The van der Waals surface area contributed by atoms with E-state index in [9.17, 15) is 5.11 Å². The van der Waals surface area contributed by atoms with Crippen molar-refractivity contribution < 1.29 is 5.11 Å². The van der Waals surface area contributed by atoms with Gasteiger partial charge in [0.15, 0.2) is 5.96 Å². The number of fused-ring (bicyclic) bond motifs is 1. The molecule has 0 saturated heterocycles. The van der Waals surface area contributed by atoms with E-state index in [4.69, 9.17) is 11.6 Å². The number of guanidine groups is 1. The summed E-state index contributed by atoms with van der Waals surface area (Å²) in [5, 5.41) is 18.1. The lowest BCUT2D eigenvalue weighted by molar-refractivity contribution is 0.191. The second-order valence-electron chi connectivity index (χ2n) is 6.37. The number of hydrogen-bond acceptors (Lipinski definition) is 3. The van der Waals surface area contributed by atoms with Crippen LogP contribution >= 0.6 is 22.9 Å². The quantitative estimate of drug-likeness (QED) is 0.355. The molecule has 0 bridgehead atoms. The number of aromatic nitrogens is 1. The molecular weight excluding hydrogens is 380 g/mol. The van der Waals surface area contributed by atoms with E-state index in [1.165, 1.54) is 33.4 Å². The number of para-hydroxylation sites is 1. The predicted octanol–water partition coefficient (Wildman–Crippen LogP) is 4.02. The molecule has 2 heterocycles. The van der Waals surface area contributed by atoms with Crippen LogP contribution in [0.3, 0.4) is 0 Å². The number of aliphatic hydroxyl groups excluding tert-OH is 1. The highest BCUT2D eigenvalue weighted by Crippen LogP contribution is 2.27. The normalized spacial score (nSPS) is 13.1. The van der Waals surface area contributed by atoms with Crippen LogP contribution in [0.1, 0.15) is 29.0 Å². The number of benzene rings is 1. The number of aryl methyl sites for hydroxylation is 1. The summed E-state index contributed by atoms with van der Waals surface area (Å²) < 4.78 is 0.673. The van der Waals surface area contributed by atoms with Crippen molar-refractivity contribution in [3.63, 3.8) is 0 Å². The fourth-order valence-electron chi connectivity index (χ4n) is 3.00. The minimum absolute atomic E-state index is 0.290. The molecule has 0 aliphatic heterocycles. The maximum absolute atomic E-state index is 10.3. The van der Waals surface area contributed by atoms with Crippen LogP contribution in [0.25, 0.3) is 10.9 Å². The van der Waals surface area contributed by atoms with Crippen molar-refractivity contribution >= 4 is 39.8 Å². The predicted molar refractivity (Wildman–Crippen MR) is 115 cm³/mol. The summed E-state index contributed by atoms with van der Waals surface area (Å²) in [7, 11) is 0. The molecule has 0 radical (unpaired) electrons. The number of aromatic amines is 1. The van der Waals surface area contributed by atoms with Gasteiger partial charge >= 0.3 is 0 Å². The Labute approximate surface area is 168 Å². The smallest absolute Gasteiger partial charge is 0.191 e. The monoisotopic (exact) mass is 404 g/mol. The van der Waals surface area contributed by atoms with E-state index in [2.05, 4.69) is 51.9 Å². The number of aliphatic imine (C=N–C) groups is 1. The first-order valence-corrected chi connectivity index (χ1v) is 10.3. The molecule has 7 heteroatoms. The molecule has 0 saturated carbocycles. The molecular formula is C20H25ClN4OS. The summed E-state index contributed by atoms with van der Waals surface area (Å²) in [6, 6.07) is 9.98. The topological polar surface area (TPSA) is 72.4 Å². The largest absolute Gasteiger partial charge is 0.386 e. The SMILES string of the molecule is CCNC(=NCC(O)c1ccc(Cl)s1)NCCc1c[nH]c2c(C)cccc12. The fourth-order valence-corrected chi connectivity index (χ4v) is 4.04. The van der Waals surface area contributed by atoms with Crippen LogP contribution in [0, 0.1) is 6.92 Å². The van der Waals surface area contributed by atoms with E-state index in [0.717, 1.165) is 24.4 Å². The Balaban J connectivity index is 1.58. The van der Waals surface area contributed by atoms with E-state index in [1.54, 1.807) is 6.07 Å². The highest BCUT2D eigenvalue weighted by Gasteiger charge is 2.10. The van der Waals surface area contributed by atoms with Gasteiger partial charge in [-0.25, -0.2) is 0 Å². The van der Waals surface area contributed by atoms with Crippen LogP contribution < -0.4 is 10.6 Å². The summed E-state index contributed by atoms with van der Waals surface area (Å²) in [5.41, 5.74) is 3.74. The van der Waals surface area contributed by atoms with Gasteiger partial charge in [-0.3, -0.25) is 4.99 Å². The van der Waals surface area contributed by atoms with E-state index in [0.29, 0.717) is 16.8 Å². The number of nitrogens with zero attached hydrogens (tertiary/aromatic N) is 1. The molecule has 1 atom stereocenters. The molecule has 1 unspecified atom stereocenters. The molecule has 4 N–H and O–H groups in total. The molecule has 0 amide bonds. The lowest BCUT2D eigenvalue weighted by Crippen LogP contribution is -2.38. The van der Waals surface area contributed by atoms with Gasteiger partial charge in [0.2, 0.25) is 0 Å². The summed E-state index contributed by atoms with van der Waals surface area (Å²) in [6.45, 7) is 5.95. The summed E-state index contributed by atoms with van der Waals surface area (Å²) >= 11 is 7.31. The first-order valence-electron chi connectivity index (χ1n) is 9.09. The number of halogens is 1. The number of thiophene rings is 1. The van der Waals surface area contributed by atoms with E-state index in [1.807, 2.05) is 13.0 Å². The van der Waals surface area contributed by atoms with Crippen molar-refractivity contribution in [1.82, 2.24) is 15.6 Å². The number of hydrogen-bond donors (Lipinski definition) is 4. The minimum atomic E-state index is -0.644. The number of aliphatic hydroxyl groups is 1. The van der Waals surface area contributed by atoms with Crippen LogP contribution in [0.2, 0.25) is 4.34 Å². The Bertz CT molecular complexity index is 918. The second-order valence-corrected chi connectivity index (χ2v) is 8.11. The molecule has 27 heavy (non-hydrogen) atoms. The van der Waals surface area contributed by atoms with Gasteiger partial charge in [-0.2, -0.15) is 0 Å². The van der Waals surface area contributed by atoms with Gasteiger partial charge in [0.05, 0.1) is 10.9 Å². The van der Waals surface area contributed by atoms with Crippen molar-refractivity contribution in [3.8, 4) is 0 Å². The Morgan fingerprint density at radius 2 is 2.15 bits per heavy atom. The van der Waals surface area contributed by atoms with E-state index < -0.39 is 6.10 Å². The first-order chi connectivity index (χ1) is 13.1. The maximum atomic E-state index is 10.3. The molecule has 144 valence electrons. The van der Waals surface area contributed by atoms with Gasteiger partial charge in [-0.05, 0) is 43.5 Å². The Morgan fingerprint density at radius 1 is 1.30 bits per heavy atom. The number of H-pyrrole nitrogens is 1. The van der Waals surface area contributed by atoms with E-state index in [-0.39, 0.29) is 0 Å². The van der Waals surface area contributed by atoms with Gasteiger partial charge in [-0.1, -0.05) is 29.8 Å². The second kappa shape index (κ2) is 9.26. The zero-order valence-electron chi connectivity index (χ0n) is 15.6. The lowest BCUT2D eigenvalue weighted by atomic mass is 10.1. The molecule has 2 aromatic heterocycles. The van der Waals surface area contributed by atoms with Gasteiger partial charge in [0.25, 0.3) is 0 Å². The third-order valence-electron chi connectivity index (χ3n) is 4.39. The van der Waals surface area contributed by atoms with Gasteiger partial charge in [-0.15, -0.1) is 11.3 Å². The highest BCUT2D eigenvalue weighted by molar-refractivity contribution is 7.16. The Hall–Kier alpha value is -2.02. The van der Waals surface area contributed by atoms with Crippen molar-refractivity contribution in [2.24, 2.45) is 4.99 Å². The molecule has 3 aromatic rings. The van der Waals surface area contributed by atoms with Crippen LogP contribution in [0.15, 0.2) is 41.5 Å². The molecule has 0 spiro atoms. The average molecular weight is 405 g/mol. The summed E-state index contributed by atoms with van der Waals surface area (Å²) in [6.07, 6.45) is 2.32. The minimum Gasteiger partial charge on any atom is -0.386 e. The van der Waals surface area contributed by atoms with Crippen LogP contribution in [-0.2, 0) is 6.42 Å². The molecule has 1 aromatic carbocycles. The molecule has 0 aliphatic rings. The molecule has 5 nitrogen and oxygen atoms in total. The Morgan fingerprint density at radius 3 is 2.89 bits per heavy atom. The summed E-state index contributed by atoms with van der Waals surface area (Å²) in [4.78, 5) is 8.69. The zero-order chi connectivity index (χ0) is 19.2. The highest BCUT2D eigenvalue weighted by atomic mass is 35.5. The number of nitrogens with one attached hydrogen (secondary N) is 3. The Kier molecular flexibility index (Phi) is 6.77. The van der Waals surface area contributed by atoms with Gasteiger partial charge in [0, 0.05) is 35.1 Å². The standard InChI is InChI=1S/C20H25ClN4OS/c1-3-22-20(25-12-16(26)17-7-8-18(21)27-17)23-10-9-14-11-24-19-13(2)5-4-6-15(14)19/h4-8,11,16,24,26H,3,9-10,12H2,1-2H3,(H2,22,23,25). The third-order valence-corrected chi connectivity index (χ3v) is 5.72. The van der Waals surface area contributed by atoms with Crippen molar-refractivity contribution in [1.29, 1.82) is 0 Å². The number of rotatable bonds is 7. The van der Waals surface area contributed by atoms with Crippen molar-refractivity contribution in [2.45, 2.75) is 26.4 Å². The van der Waals surface area contributed by atoms with Crippen LogP contribution in [0.4, 0.5) is 0 Å². The zero-order valence-corrected chi connectivity index (χ0v) is 17.1. The molecule has 0 aliphatic carbocycles. The van der Waals surface area contributed by atoms with Gasteiger partial charge < -0.3 is 20.7 Å².